The third-order valence-electron chi connectivity index (χ3n) is 3.93. The van der Waals surface area contributed by atoms with E-state index in [-0.39, 0.29) is 0 Å². The van der Waals surface area contributed by atoms with Crippen LogP contribution in [0.1, 0.15) is 5.69 Å². The first-order valence-electron chi connectivity index (χ1n) is 8.17. The maximum atomic E-state index is 6.22. The van der Waals surface area contributed by atoms with Gasteiger partial charge in [-0.25, -0.2) is 4.98 Å². The Kier molecular flexibility index (Phi) is 4.07. The summed E-state index contributed by atoms with van der Waals surface area (Å²) in [6, 6.07) is 19.2. The minimum atomic E-state index is 0.308. The second-order valence-corrected chi connectivity index (χ2v) is 5.81. The van der Waals surface area contributed by atoms with E-state index in [1.54, 1.807) is 0 Å². The third-order valence-corrected chi connectivity index (χ3v) is 3.93. The number of nitrogens with one attached hydrogen (secondary N) is 1. The van der Waals surface area contributed by atoms with Crippen LogP contribution in [0, 0.1) is 6.92 Å². The quantitative estimate of drug-likeness (QED) is 0.569. The number of para-hydroxylation sites is 1. The maximum Gasteiger partial charge on any atom is 0.248 e. The van der Waals surface area contributed by atoms with E-state index >= 15 is 0 Å². The summed E-state index contributed by atoms with van der Waals surface area (Å²) in [5, 5.41) is 4.25. The number of anilines is 3. The van der Waals surface area contributed by atoms with Crippen LogP contribution in [0.15, 0.2) is 67.0 Å². The molecule has 0 fully saturated rings. The Morgan fingerprint density at radius 1 is 0.923 bits per heavy atom. The van der Waals surface area contributed by atoms with Crippen molar-refractivity contribution in [2.75, 3.05) is 11.1 Å². The number of fused-ring (bicyclic) bond motifs is 1. The predicted molar refractivity (Wildman–Crippen MR) is 103 cm³/mol. The van der Waals surface area contributed by atoms with E-state index in [2.05, 4.69) is 20.3 Å². The number of aromatic nitrogens is 3. The van der Waals surface area contributed by atoms with E-state index in [0.29, 0.717) is 23.1 Å². The first-order valence-corrected chi connectivity index (χ1v) is 8.17. The Labute approximate surface area is 150 Å². The first kappa shape index (κ1) is 15.8. The molecule has 0 aliphatic heterocycles. The van der Waals surface area contributed by atoms with Crippen LogP contribution < -0.4 is 15.8 Å². The molecule has 0 aliphatic rings. The molecule has 0 radical (unpaired) electrons. The number of pyridine rings is 1. The van der Waals surface area contributed by atoms with Gasteiger partial charge in [0.1, 0.15) is 17.8 Å². The third kappa shape index (κ3) is 3.12. The van der Waals surface area contributed by atoms with Crippen LogP contribution in [0.2, 0.25) is 0 Å². The van der Waals surface area contributed by atoms with Gasteiger partial charge in [-0.2, -0.15) is 4.98 Å². The normalized spacial score (nSPS) is 10.7. The van der Waals surface area contributed by atoms with Crippen molar-refractivity contribution in [1.82, 2.24) is 15.0 Å². The second-order valence-electron chi connectivity index (χ2n) is 5.81. The van der Waals surface area contributed by atoms with E-state index in [4.69, 9.17) is 10.5 Å². The average molecular weight is 343 g/mol. The largest absolute Gasteiger partial charge is 0.437 e. The molecule has 4 aromatic rings. The van der Waals surface area contributed by atoms with Gasteiger partial charge in [0.2, 0.25) is 5.88 Å². The zero-order valence-corrected chi connectivity index (χ0v) is 14.2. The summed E-state index contributed by atoms with van der Waals surface area (Å²) in [5.41, 5.74) is 9.30. The fourth-order valence-corrected chi connectivity index (χ4v) is 2.65. The maximum absolute atomic E-state index is 6.22. The number of aryl methyl sites for hydroxylation is 1. The molecule has 0 aliphatic carbocycles. The Balaban J connectivity index is 1.68. The van der Waals surface area contributed by atoms with Crippen molar-refractivity contribution >= 4 is 28.1 Å². The lowest BCUT2D eigenvalue weighted by Crippen LogP contribution is -2.03. The molecule has 0 saturated carbocycles. The molecule has 0 amide bonds. The minimum absolute atomic E-state index is 0.308. The van der Waals surface area contributed by atoms with E-state index < -0.39 is 0 Å². The van der Waals surface area contributed by atoms with Crippen LogP contribution in [-0.2, 0) is 0 Å². The molecule has 0 saturated heterocycles. The van der Waals surface area contributed by atoms with Crippen LogP contribution in [-0.4, -0.2) is 15.0 Å². The fraction of sp³-hybridized carbons (Fsp3) is 0.0500. The lowest BCUT2D eigenvalue weighted by Gasteiger charge is -2.13. The summed E-state index contributed by atoms with van der Waals surface area (Å²) < 4.78 is 5.76. The van der Waals surface area contributed by atoms with Crippen molar-refractivity contribution in [3.63, 3.8) is 0 Å². The lowest BCUT2D eigenvalue weighted by molar-refractivity contribution is 0.464. The smallest absolute Gasteiger partial charge is 0.248 e. The van der Waals surface area contributed by atoms with Crippen LogP contribution in [0.25, 0.3) is 10.9 Å². The highest BCUT2D eigenvalue weighted by atomic mass is 16.5. The SMILES string of the molecule is Cc1ccc2c(Nc3ncnc(Oc4ccccc4)c3N)cccc2n1. The van der Waals surface area contributed by atoms with Crippen molar-refractivity contribution in [2.45, 2.75) is 6.92 Å². The number of hydrogen-bond acceptors (Lipinski definition) is 6. The molecule has 0 bridgehead atoms. The highest BCUT2D eigenvalue weighted by Crippen LogP contribution is 2.32. The summed E-state index contributed by atoms with van der Waals surface area (Å²) in [4.78, 5) is 12.9. The van der Waals surface area contributed by atoms with E-state index in [1.165, 1.54) is 6.33 Å². The van der Waals surface area contributed by atoms with Crippen LogP contribution in [0.4, 0.5) is 17.2 Å². The summed E-state index contributed by atoms with van der Waals surface area (Å²) in [6.45, 7) is 1.97. The van der Waals surface area contributed by atoms with Crippen LogP contribution >= 0.6 is 0 Å². The minimum Gasteiger partial charge on any atom is -0.437 e. The Morgan fingerprint density at radius 2 is 1.77 bits per heavy atom. The standard InChI is InChI=1S/C20H17N5O/c1-13-10-11-15-16(24-13)8-5-9-17(15)25-19-18(21)20(23-12-22-19)26-14-6-3-2-4-7-14/h2-12H,21H2,1H3,(H,22,23,25). The molecule has 128 valence electrons. The number of nitrogens with zero attached hydrogens (tertiary/aromatic N) is 3. The number of rotatable bonds is 4. The molecule has 0 unspecified atom stereocenters. The Morgan fingerprint density at radius 3 is 2.62 bits per heavy atom. The van der Waals surface area contributed by atoms with Crippen molar-refractivity contribution in [3.8, 4) is 11.6 Å². The Hall–Kier alpha value is -3.67. The van der Waals surface area contributed by atoms with E-state index in [1.807, 2.05) is 67.6 Å². The molecule has 0 spiro atoms. The molecular formula is C20H17N5O. The summed E-state index contributed by atoms with van der Waals surface area (Å²) in [7, 11) is 0. The number of nitrogen functional groups attached to an aromatic ring is 1. The van der Waals surface area contributed by atoms with E-state index in [9.17, 15) is 0 Å². The molecule has 3 N–H and O–H groups in total. The van der Waals surface area contributed by atoms with Gasteiger partial charge in [0.25, 0.3) is 0 Å². The highest BCUT2D eigenvalue weighted by molar-refractivity contribution is 5.94. The average Bonchev–Trinajstić information content (AvgIpc) is 2.66. The van der Waals surface area contributed by atoms with Gasteiger partial charge in [0.05, 0.1) is 5.52 Å². The molecular weight excluding hydrogens is 326 g/mol. The van der Waals surface area contributed by atoms with Crippen molar-refractivity contribution in [2.24, 2.45) is 0 Å². The van der Waals surface area contributed by atoms with Gasteiger partial charge >= 0.3 is 0 Å². The molecule has 0 atom stereocenters. The highest BCUT2D eigenvalue weighted by Gasteiger charge is 2.12. The van der Waals surface area contributed by atoms with E-state index in [0.717, 1.165) is 22.3 Å². The predicted octanol–water partition coefficient (Wildman–Crippen LogP) is 4.45. The summed E-state index contributed by atoms with van der Waals surface area (Å²) in [6.07, 6.45) is 1.42. The first-order chi connectivity index (χ1) is 12.7. The lowest BCUT2D eigenvalue weighted by atomic mass is 10.1. The van der Waals surface area contributed by atoms with Gasteiger partial charge in [0.15, 0.2) is 5.82 Å². The topological polar surface area (TPSA) is 86.0 Å². The molecule has 4 rings (SSSR count). The van der Waals surface area contributed by atoms with Gasteiger partial charge in [-0.15, -0.1) is 0 Å². The van der Waals surface area contributed by atoms with Crippen molar-refractivity contribution < 1.29 is 4.74 Å². The number of nitrogens with two attached hydrogens (primary N) is 1. The monoisotopic (exact) mass is 343 g/mol. The fourth-order valence-electron chi connectivity index (χ4n) is 2.65. The van der Waals surface area contributed by atoms with Gasteiger partial charge in [-0.05, 0) is 43.3 Å². The molecule has 2 aromatic heterocycles. The number of ether oxygens (including phenoxy) is 1. The van der Waals surface area contributed by atoms with Crippen LogP contribution in [0.3, 0.4) is 0 Å². The van der Waals surface area contributed by atoms with Gasteiger partial charge in [-0.1, -0.05) is 24.3 Å². The van der Waals surface area contributed by atoms with Crippen molar-refractivity contribution in [1.29, 1.82) is 0 Å². The van der Waals surface area contributed by atoms with Gasteiger partial charge < -0.3 is 15.8 Å². The summed E-state index contributed by atoms with van der Waals surface area (Å²) in [5.74, 6) is 1.45. The Bertz CT molecular complexity index is 1070. The molecule has 6 nitrogen and oxygen atoms in total. The molecule has 26 heavy (non-hydrogen) atoms. The van der Waals surface area contributed by atoms with Gasteiger partial charge in [0, 0.05) is 16.8 Å². The summed E-state index contributed by atoms with van der Waals surface area (Å²) >= 11 is 0. The van der Waals surface area contributed by atoms with Crippen molar-refractivity contribution in [3.05, 3.63) is 72.7 Å². The molecule has 2 aromatic carbocycles. The zero-order chi connectivity index (χ0) is 17.9. The molecule has 2 heterocycles. The van der Waals surface area contributed by atoms with Crippen LogP contribution in [0.5, 0.6) is 11.6 Å². The number of hydrogen-bond donors (Lipinski definition) is 2. The molecule has 6 heteroatoms. The zero-order valence-electron chi connectivity index (χ0n) is 14.2. The number of benzene rings is 2. The van der Waals surface area contributed by atoms with Gasteiger partial charge in [-0.3, -0.25) is 4.98 Å². The second kappa shape index (κ2) is 6.68.